The second-order valence-electron chi connectivity index (χ2n) is 7.31. The highest BCUT2D eigenvalue weighted by atomic mass is 16.5. The highest BCUT2D eigenvalue weighted by Crippen LogP contribution is 2.44. The summed E-state index contributed by atoms with van der Waals surface area (Å²) in [5.41, 5.74) is 1.14. The molecule has 28 heavy (non-hydrogen) atoms. The average Bonchev–Trinajstić information content (AvgIpc) is 3.24. The van der Waals surface area contributed by atoms with Crippen molar-refractivity contribution in [2.75, 3.05) is 19.7 Å². The molecule has 0 radical (unpaired) electrons. The van der Waals surface area contributed by atoms with Crippen LogP contribution in [-0.4, -0.2) is 41.9 Å². The molecule has 7 heteroatoms. The molecule has 7 nitrogen and oxygen atoms in total. The van der Waals surface area contributed by atoms with Gasteiger partial charge in [0.2, 0.25) is 5.91 Å². The number of hydrogen-bond donors (Lipinski definition) is 1. The van der Waals surface area contributed by atoms with Gasteiger partial charge in [-0.05, 0) is 37.7 Å². The first-order valence-electron chi connectivity index (χ1n) is 9.78. The first-order valence-corrected chi connectivity index (χ1v) is 9.78. The number of aryl methyl sites for hydroxylation is 2. The van der Waals surface area contributed by atoms with E-state index >= 15 is 0 Å². The largest absolute Gasteiger partial charge is 0.504 e. The molecule has 0 atom stereocenters. The van der Waals surface area contributed by atoms with Crippen molar-refractivity contribution in [3.63, 3.8) is 0 Å². The van der Waals surface area contributed by atoms with Crippen LogP contribution < -0.4 is 10.4 Å². The highest BCUT2D eigenvalue weighted by Gasteiger charge is 2.29. The number of aromatic hydroxyl groups is 1. The van der Waals surface area contributed by atoms with E-state index in [9.17, 15) is 19.5 Å². The minimum Gasteiger partial charge on any atom is -0.504 e. The Bertz CT molecular complexity index is 1020. The smallest absolute Gasteiger partial charge is 0.340 e. The first-order chi connectivity index (χ1) is 13.6. The molecule has 1 saturated heterocycles. The van der Waals surface area contributed by atoms with E-state index in [2.05, 4.69) is 0 Å². The third-order valence-electron chi connectivity index (χ3n) is 5.70. The summed E-state index contributed by atoms with van der Waals surface area (Å²) in [6.07, 6.45) is 4.31. The number of benzene rings is 1. The molecule has 0 spiro atoms. The fourth-order valence-corrected chi connectivity index (χ4v) is 4.34. The van der Waals surface area contributed by atoms with E-state index in [1.54, 1.807) is 4.90 Å². The summed E-state index contributed by atoms with van der Waals surface area (Å²) >= 11 is 0. The molecule has 0 bridgehead atoms. The SMILES string of the molecule is CCc1c(CC(=O)N2CCCC2)c(=O)oc2c(C=O)c(O)c3c(c12)CCCO3. The molecule has 2 aliphatic heterocycles. The second kappa shape index (κ2) is 7.30. The van der Waals surface area contributed by atoms with Gasteiger partial charge in [-0.1, -0.05) is 6.92 Å². The van der Waals surface area contributed by atoms with Gasteiger partial charge in [-0.2, -0.15) is 0 Å². The number of carbonyl (C=O) groups excluding carboxylic acids is 2. The maximum absolute atomic E-state index is 12.7. The lowest BCUT2D eigenvalue weighted by molar-refractivity contribution is -0.129. The van der Waals surface area contributed by atoms with Crippen molar-refractivity contribution in [1.29, 1.82) is 0 Å². The number of phenols is 1. The lowest BCUT2D eigenvalue weighted by Crippen LogP contribution is -2.31. The Morgan fingerprint density at radius 1 is 1.21 bits per heavy atom. The van der Waals surface area contributed by atoms with E-state index in [0.717, 1.165) is 24.8 Å². The van der Waals surface area contributed by atoms with E-state index in [1.165, 1.54) is 0 Å². The number of carbonyl (C=O) groups is 2. The molecule has 1 aromatic carbocycles. The van der Waals surface area contributed by atoms with Gasteiger partial charge in [0, 0.05) is 24.0 Å². The zero-order valence-corrected chi connectivity index (χ0v) is 15.9. The monoisotopic (exact) mass is 385 g/mol. The predicted octanol–water partition coefficient (Wildman–Crippen LogP) is 2.36. The number of likely N-dealkylation sites (tertiary alicyclic amines) is 1. The van der Waals surface area contributed by atoms with Crippen LogP contribution in [0.25, 0.3) is 11.0 Å². The Morgan fingerprint density at radius 2 is 1.96 bits per heavy atom. The Hall–Kier alpha value is -2.83. The normalized spacial score (nSPS) is 16.1. The Kier molecular flexibility index (Phi) is 4.83. The van der Waals surface area contributed by atoms with Gasteiger partial charge < -0.3 is 19.2 Å². The number of phenolic OH excluding ortho intramolecular Hbond substituents is 1. The Labute approximate surface area is 161 Å². The van der Waals surface area contributed by atoms with Crippen LogP contribution in [0.2, 0.25) is 0 Å². The quantitative estimate of drug-likeness (QED) is 0.641. The molecule has 1 aromatic heterocycles. The maximum atomic E-state index is 12.7. The van der Waals surface area contributed by atoms with Crippen LogP contribution in [0.15, 0.2) is 9.21 Å². The van der Waals surface area contributed by atoms with Crippen LogP contribution >= 0.6 is 0 Å². The Morgan fingerprint density at radius 3 is 2.64 bits per heavy atom. The van der Waals surface area contributed by atoms with Crippen molar-refractivity contribution in [3.8, 4) is 11.5 Å². The minimum absolute atomic E-state index is 0.0195. The third-order valence-corrected chi connectivity index (χ3v) is 5.70. The van der Waals surface area contributed by atoms with Gasteiger partial charge in [0.05, 0.1) is 18.6 Å². The van der Waals surface area contributed by atoms with Gasteiger partial charge in [-0.25, -0.2) is 4.79 Å². The molecule has 1 N–H and O–H groups in total. The van der Waals surface area contributed by atoms with Gasteiger partial charge in [-0.15, -0.1) is 0 Å². The van der Waals surface area contributed by atoms with Crippen molar-refractivity contribution in [1.82, 2.24) is 4.90 Å². The van der Waals surface area contributed by atoms with Gasteiger partial charge in [0.1, 0.15) is 5.56 Å². The number of rotatable bonds is 4. The number of nitrogens with zero attached hydrogens (tertiary/aromatic N) is 1. The molecular weight excluding hydrogens is 362 g/mol. The van der Waals surface area contributed by atoms with Gasteiger partial charge >= 0.3 is 5.63 Å². The van der Waals surface area contributed by atoms with Gasteiger partial charge in [0.25, 0.3) is 0 Å². The maximum Gasteiger partial charge on any atom is 0.340 e. The lowest BCUT2D eigenvalue weighted by Gasteiger charge is -2.23. The summed E-state index contributed by atoms with van der Waals surface area (Å²) in [7, 11) is 0. The molecule has 0 saturated carbocycles. The summed E-state index contributed by atoms with van der Waals surface area (Å²) in [5.74, 6) is -0.0946. The number of ether oxygens (including phenoxy) is 1. The molecule has 0 unspecified atom stereocenters. The third kappa shape index (κ3) is 2.85. The molecule has 2 aliphatic rings. The highest BCUT2D eigenvalue weighted by molar-refractivity contribution is 6.03. The van der Waals surface area contributed by atoms with Crippen molar-refractivity contribution in [2.45, 2.75) is 45.4 Å². The topological polar surface area (TPSA) is 97.1 Å². The molecule has 3 heterocycles. The van der Waals surface area contributed by atoms with Crippen LogP contribution in [0.5, 0.6) is 11.5 Å². The van der Waals surface area contributed by atoms with Crippen molar-refractivity contribution in [3.05, 3.63) is 32.7 Å². The second-order valence-corrected chi connectivity index (χ2v) is 7.31. The van der Waals surface area contributed by atoms with Crippen LogP contribution in [0.1, 0.15) is 53.2 Å². The van der Waals surface area contributed by atoms with E-state index in [-0.39, 0.29) is 35.0 Å². The zero-order valence-electron chi connectivity index (χ0n) is 15.9. The van der Waals surface area contributed by atoms with Crippen molar-refractivity contribution >= 4 is 23.2 Å². The van der Waals surface area contributed by atoms with Gasteiger partial charge in [-0.3, -0.25) is 9.59 Å². The molecule has 0 aliphatic carbocycles. The minimum atomic E-state index is -0.629. The van der Waals surface area contributed by atoms with Crippen LogP contribution in [0.3, 0.4) is 0 Å². The number of amides is 1. The standard InChI is InChI=1S/C21H23NO6/c1-2-12-14(10-16(24)22-7-3-4-8-22)21(26)28-19-15(11-23)18(25)20-13(17(12)19)6-5-9-27-20/h11,25H,2-10H2,1H3. The number of aldehydes is 1. The van der Waals surface area contributed by atoms with Crippen molar-refractivity contribution < 1.29 is 23.8 Å². The molecule has 1 amide bonds. The Balaban J connectivity index is 1.96. The molecule has 2 aromatic rings. The average molecular weight is 385 g/mol. The van der Waals surface area contributed by atoms with Gasteiger partial charge in [0.15, 0.2) is 23.4 Å². The molecule has 1 fully saturated rings. The summed E-state index contributed by atoms with van der Waals surface area (Å²) in [6.45, 7) is 3.78. The van der Waals surface area contributed by atoms with E-state index < -0.39 is 5.63 Å². The molecule has 148 valence electrons. The molecule has 4 rings (SSSR count). The van der Waals surface area contributed by atoms with Crippen LogP contribution in [0.4, 0.5) is 0 Å². The van der Waals surface area contributed by atoms with E-state index in [1.807, 2.05) is 6.92 Å². The fraction of sp³-hybridized carbons (Fsp3) is 0.476. The van der Waals surface area contributed by atoms with E-state index in [0.29, 0.717) is 55.3 Å². The van der Waals surface area contributed by atoms with Crippen LogP contribution in [-0.2, 0) is 24.1 Å². The predicted molar refractivity (Wildman–Crippen MR) is 102 cm³/mol. The fourth-order valence-electron chi connectivity index (χ4n) is 4.34. The summed E-state index contributed by atoms with van der Waals surface area (Å²) < 4.78 is 11.1. The first kappa shape index (κ1) is 18.5. The summed E-state index contributed by atoms with van der Waals surface area (Å²) in [4.78, 5) is 38.8. The molecular formula is C21H23NO6. The lowest BCUT2D eigenvalue weighted by atomic mass is 9.91. The zero-order chi connectivity index (χ0) is 19.8. The van der Waals surface area contributed by atoms with Crippen LogP contribution in [0, 0.1) is 0 Å². The summed E-state index contributed by atoms with van der Waals surface area (Å²) in [5, 5.41) is 11.1. The van der Waals surface area contributed by atoms with Crippen molar-refractivity contribution in [2.24, 2.45) is 0 Å². The summed E-state index contributed by atoms with van der Waals surface area (Å²) in [6, 6.07) is 0. The van der Waals surface area contributed by atoms with E-state index in [4.69, 9.17) is 9.15 Å². The number of hydrogen-bond acceptors (Lipinski definition) is 6. The number of fused-ring (bicyclic) bond motifs is 3.